The third-order valence-corrected chi connectivity index (χ3v) is 14.4. The molecule has 33 heavy (non-hydrogen) atoms. The Bertz CT molecular complexity index is 721. The molecule has 3 heterocycles. The number of likely N-dealkylation sites (tertiary alicyclic amines) is 1. The summed E-state index contributed by atoms with van der Waals surface area (Å²) in [6.07, 6.45) is 26.8. The maximum atomic E-state index is 7.46. The van der Waals surface area contributed by atoms with Gasteiger partial charge in [-0.25, -0.2) is 0 Å². The molecule has 8 fully saturated rings. The van der Waals surface area contributed by atoms with E-state index in [1.807, 2.05) is 0 Å². The molecule has 13 unspecified atom stereocenters. The van der Waals surface area contributed by atoms with Gasteiger partial charge in [0.15, 0.2) is 0 Å². The number of hydrogen-bond acceptors (Lipinski definition) is 3. The molecule has 0 aromatic carbocycles. The van der Waals surface area contributed by atoms with E-state index in [2.05, 4.69) is 16.7 Å². The first-order valence-electron chi connectivity index (χ1n) is 15.5. The highest BCUT2D eigenvalue weighted by molar-refractivity contribution is 8.00. The highest BCUT2D eigenvalue weighted by Gasteiger charge is 2.62. The Labute approximate surface area is 206 Å². The average molecular weight is 470 g/mol. The topological polar surface area (TPSA) is 12.5 Å². The molecule has 3 saturated heterocycles. The molecule has 2 nitrogen and oxygen atoms in total. The molecule has 0 radical (unpaired) electrons. The largest absolute Gasteiger partial charge is 0.372 e. The first-order valence-corrected chi connectivity index (χ1v) is 16.4. The van der Waals surface area contributed by atoms with Gasteiger partial charge in [0.1, 0.15) is 0 Å². The van der Waals surface area contributed by atoms with Crippen molar-refractivity contribution in [3.8, 4) is 0 Å². The van der Waals surface area contributed by atoms with Crippen LogP contribution in [-0.4, -0.2) is 45.7 Å². The van der Waals surface area contributed by atoms with Gasteiger partial charge in [-0.05, 0) is 93.8 Å². The molecule has 8 aliphatic rings. The van der Waals surface area contributed by atoms with E-state index < -0.39 is 0 Å². The second-order valence-electron chi connectivity index (χ2n) is 13.7. The first kappa shape index (κ1) is 21.4. The third kappa shape index (κ3) is 3.19. The van der Waals surface area contributed by atoms with Crippen molar-refractivity contribution in [2.75, 3.05) is 0 Å². The Morgan fingerprint density at radius 1 is 0.455 bits per heavy atom. The molecule has 184 valence electrons. The van der Waals surface area contributed by atoms with E-state index >= 15 is 0 Å². The third-order valence-electron chi connectivity index (χ3n) is 12.6. The number of rotatable bonds is 1. The Hall–Kier alpha value is 0.270. The molecule has 8 rings (SSSR count). The van der Waals surface area contributed by atoms with Crippen LogP contribution in [-0.2, 0) is 4.74 Å². The molecule has 5 aliphatic carbocycles. The monoisotopic (exact) mass is 469 g/mol. The predicted octanol–water partition coefficient (Wildman–Crippen LogP) is 7.06. The maximum absolute atomic E-state index is 7.46. The second-order valence-corrected chi connectivity index (χ2v) is 15.2. The minimum Gasteiger partial charge on any atom is -0.372 e. The number of ether oxygens (including phenoxy) is 1. The highest BCUT2D eigenvalue weighted by Crippen LogP contribution is 2.61. The smallest absolute Gasteiger partial charge is 0.0766 e. The van der Waals surface area contributed by atoms with Gasteiger partial charge in [0.25, 0.3) is 0 Å². The fraction of sp³-hybridized carbons (Fsp3) is 1.00. The van der Waals surface area contributed by atoms with Crippen molar-refractivity contribution in [2.45, 2.75) is 150 Å². The van der Waals surface area contributed by atoms with Crippen LogP contribution in [0.4, 0.5) is 0 Å². The molecule has 0 aromatic heterocycles. The average Bonchev–Trinajstić information content (AvgIpc) is 3.53. The Balaban J connectivity index is 1.10. The zero-order valence-electron chi connectivity index (χ0n) is 20.8. The van der Waals surface area contributed by atoms with Crippen LogP contribution in [0.2, 0.25) is 0 Å². The van der Waals surface area contributed by atoms with Gasteiger partial charge in [-0.2, -0.15) is 11.8 Å². The number of fused-ring (bicyclic) bond motifs is 10. The van der Waals surface area contributed by atoms with Crippen molar-refractivity contribution in [1.82, 2.24) is 4.90 Å². The van der Waals surface area contributed by atoms with Crippen LogP contribution < -0.4 is 0 Å². The molecule has 0 aromatic rings. The van der Waals surface area contributed by atoms with Crippen LogP contribution in [0, 0.1) is 35.5 Å². The summed E-state index contributed by atoms with van der Waals surface area (Å²) in [6.45, 7) is 0. The van der Waals surface area contributed by atoms with Gasteiger partial charge in [-0.15, -0.1) is 0 Å². The van der Waals surface area contributed by atoms with Gasteiger partial charge >= 0.3 is 0 Å². The fourth-order valence-electron chi connectivity index (χ4n) is 11.6. The quantitative estimate of drug-likeness (QED) is 0.408. The Morgan fingerprint density at radius 3 is 1.85 bits per heavy atom. The van der Waals surface area contributed by atoms with Gasteiger partial charge in [-0.1, -0.05) is 44.9 Å². The lowest BCUT2D eigenvalue weighted by atomic mass is 9.64. The van der Waals surface area contributed by atoms with Crippen LogP contribution in [0.5, 0.6) is 0 Å². The molecule has 3 heteroatoms. The summed E-state index contributed by atoms with van der Waals surface area (Å²) < 4.78 is 7.46. The van der Waals surface area contributed by atoms with E-state index in [9.17, 15) is 0 Å². The zero-order valence-corrected chi connectivity index (χ0v) is 21.6. The summed E-state index contributed by atoms with van der Waals surface area (Å²) in [5.74, 6) is 5.78. The van der Waals surface area contributed by atoms with Crippen molar-refractivity contribution in [2.24, 2.45) is 35.5 Å². The standard InChI is InChI=1S/C30H47NOS/c1-4-12-23-18(8-1)19-9-2-5-13-24(19)31(23)25-14-7-11-20-21-16-17-27-28(30(21)32-29(20)25)22-10-3-6-15-26(22)33-27/h18-30H,1-17H2. The van der Waals surface area contributed by atoms with Crippen LogP contribution in [0.3, 0.4) is 0 Å². The summed E-state index contributed by atoms with van der Waals surface area (Å²) in [4.78, 5) is 3.21. The SMILES string of the molecule is C1CCC2C(C1)SC1CCC3C4CCCC(N5C6CCCCC6C6CCCCC65)C4OC3C12. The lowest BCUT2D eigenvalue weighted by Gasteiger charge is -2.46. The van der Waals surface area contributed by atoms with Crippen molar-refractivity contribution < 1.29 is 4.74 Å². The van der Waals surface area contributed by atoms with Gasteiger partial charge in [0.05, 0.1) is 12.2 Å². The van der Waals surface area contributed by atoms with Crippen molar-refractivity contribution in [1.29, 1.82) is 0 Å². The number of nitrogens with zero attached hydrogens (tertiary/aromatic N) is 1. The van der Waals surface area contributed by atoms with Crippen molar-refractivity contribution in [3.05, 3.63) is 0 Å². The second kappa shape index (κ2) is 8.41. The van der Waals surface area contributed by atoms with Gasteiger partial charge in [-0.3, -0.25) is 4.90 Å². The minimum atomic E-state index is 0.586. The molecule has 0 N–H and O–H groups in total. The normalized spacial score (nSPS) is 58.0. The van der Waals surface area contributed by atoms with Crippen LogP contribution in [0.15, 0.2) is 0 Å². The predicted molar refractivity (Wildman–Crippen MR) is 136 cm³/mol. The van der Waals surface area contributed by atoms with Crippen molar-refractivity contribution in [3.63, 3.8) is 0 Å². The molecule has 3 aliphatic heterocycles. The molecule has 0 amide bonds. The zero-order chi connectivity index (χ0) is 21.5. The van der Waals surface area contributed by atoms with E-state index in [1.165, 1.54) is 96.3 Å². The van der Waals surface area contributed by atoms with Crippen LogP contribution in [0.1, 0.15) is 109 Å². The summed E-state index contributed by atoms with van der Waals surface area (Å²) in [5, 5.41) is 1.93. The maximum Gasteiger partial charge on any atom is 0.0766 e. The molecular weight excluding hydrogens is 422 g/mol. The molecule has 0 bridgehead atoms. The molecule has 13 atom stereocenters. The van der Waals surface area contributed by atoms with E-state index in [1.54, 1.807) is 12.8 Å². The van der Waals surface area contributed by atoms with Gasteiger partial charge in [0.2, 0.25) is 0 Å². The van der Waals surface area contributed by atoms with E-state index in [0.29, 0.717) is 12.2 Å². The lowest BCUT2D eigenvalue weighted by Crippen LogP contribution is -2.54. The summed E-state index contributed by atoms with van der Waals surface area (Å²) in [7, 11) is 0. The van der Waals surface area contributed by atoms with E-state index in [-0.39, 0.29) is 0 Å². The van der Waals surface area contributed by atoms with Gasteiger partial charge in [0, 0.05) is 34.5 Å². The van der Waals surface area contributed by atoms with Crippen LogP contribution >= 0.6 is 11.8 Å². The number of thioether (sulfide) groups is 1. The van der Waals surface area contributed by atoms with E-state index in [4.69, 9.17) is 4.74 Å². The first-order chi connectivity index (χ1) is 16.4. The lowest BCUT2D eigenvalue weighted by molar-refractivity contribution is -0.0850. The summed E-state index contributed by atoms with van der Waals surface area (Å²) in [6, 6.07) is 2.60. The molecule has 0 spiro atoms. The van der Waals surface area contributed by atoms with E-state index in [0.717, 1.165) is 64.1 Å². The minimum absolute atomic E-state index is 0.586. The Morgan fingerprint density at radius 2 is 1.06 bits per heavy atom. The van der Waals surface area contributed by atoms with Crippen LogP contribution in [0.25, 0.3) is 0 Å². The summed E-state index contributed by atoms with van der Waals surface area (Å²) in [5.41, 5.74) is 0. The summed E-state index contributed by atoms with van der Waals surface area (Å²) >= 11 is 2.43. The Kier molecular flexibility index (Phi) is 5.44. The van der Waals surface area contributed by atoms with Crippen molar-refractivity contribution >= 4 is 11.8 Å². The highest BCUT2D eigenvalue weighted by atomic mass is 32.2. The number of hydrogen-bond donors (Lipinski definition) is 0. The van der Waals surface area contributed by atoms with Gasteiger partial charge < -0.3 is 4.74 Å². The molecular formula is C30H47NOS. The molecule has 5 saturated carbocycles. The fourth-order valence-corrected chi connectivity index (χ4v) is 13.7.